The molecule has 61 heavy (non-hydrogen) atoms. The summed E-state index contributed by atoms with van der Waals surface area (Å²) in [5.74, 6) is 0. The average molecular weight is 799 g/mol. The van der Waals surface area contributed by atoms with E-state index < -0.39 is 0 Å². The van der Waals surface area contributed by atoms with E-state index >= 15 is 0 Å². The molecule has 0 N–H and O–H groups in total. The number of allylic oxidation sites excluding steroid dienone is 4. The molecule has 0 aliphatic heterocycles. The van der Waals surface area contributed by atoms with Gasteiger partial charge < -0.3 is 0 Å². The third-order valence-corrected chi connectivity index (χ3v) is 15.4. The highest BCUT2D eigenvalue weighted by atomic mass is 32.1. The van der Waals surface area contributed by atoms with E-state index in [1.165, 1.54) is 130 Å². The molecule has 0 radical (unpaired) electrons. The molecular formula is C60H46S. The van der Waals surface area contributed by atoms with Crippen LogP contribution in [0.4, 0.5) is 0 Å². The van der Waals surface area contributed by atoms with Crippen molar-refractivity contribution in [3.63, 3.8) is 0 Å². The standard InChI is InChI=1S/C60H46S/c1-7-8-15-35(2)56-43-17-9-11-19-45(43)57(46-20-12-10-18-44(46)56)39-24-27-41-40-26-22-37(31-52(40)59(3,4)53(41)32-39)36-25-29-51-49(30-36)47-28-23-38-33-55-50(34-48(38)58(47)60(51,5)6)42-16-13-14-21-54(42)61-55/h7-34H,1-6H3/b8-7-,35-15+. The highest BCUT2D eigenvalue weighted by molar-refractivity contribution is 7.25. The Bertz CT molecular complexity index is 3540. The Kier molecular flexibility index (Phi) is 7.73. The van der Waals surface area contributed by atoms with Gasteiger partial charge in [0, 0.05) is 31.0 Å². The molecule has 1 heterocycles. The summed E-state index contributed by atoms with van der Waals surface area (Å²) in [4.78, 5) is 0. The third kappa shape index (κ3) is 5.11. The number of hydrogen-bond acceptors (Lipinski definition) is 1. The first kappa shape index (κ1) is 36.3. The molecule has 12 rings (SSSR count). The lowest BCUT2D eigenvalue weighted by molar-refractivity contribution is 0.661. The van der Waals surface area contributed by atoms with Crippen molar-refractivity contribution in [1.29, 1.82) is 0 Å². The maximum absolute atomic E-state index is 2.50. The normalized spacial score (nSPS) is 15.0. The van der Waals surface area contributed by atoms with Gasteiger partial charge in [-0.2, -0.15) is 0 Å². The summed E-state index contributed by atoms with van der Waals surface area (Å²) < 4.78 is 2.72. The molecule has 1 aromatic heterocycles. The molecule has 0 saturated carbocycles. The second kappa shape index (κ2) is 13.0. The predicted octanol–water partition coefficient (Wildman–Crippen LogP) is 17.4. The van der Waals surface area contributed by atoms with Crippen LogP contribution in [0.15, 0.2) is 170 Å². The monoisotopic (exact) mass is 798 g/mol. The minimum Gasteiger partial charge on any atom is -0.135 e. The first-order chi connectivity index (χ1) is 29.6. The zero-order valence-corrected chi connectivity index (χ0v) is 36.4. The smallest absolute Gasteiger partial charge is 0.0361 e. The van der Waals surface area contributed by atoms with Crippen LogP contribution >= 0.6 is 11.3 Å². The molecule has 292 valence electrons. The van der Waals surface area contributed by atoms with Gasteiger partial charge in [0.2, 0.25) is 0 Å². The third-order valence-electron chi connectivity index (χ3n) is 14.3. The van der Waals surface area contributed by atoms with Crippen LogP contribution in [0.25, 0.3) is 103 Å². The maximum atomic E-state index is 2.50. The minimum absolute atomic E-state index is 0.111. The summed E-state index contributed by atoms with van der Waals surface area (Å²) in [6.07, 6.45) is 6.49. The molecule has 0 amide bonds. The molecule has 0 atom stereocenters. The van der Waals surface area contributed by atoms with Crippen molar-refractivity contribution in [3.8, 4) is 44.5 Å². The number of rotatable bonds is 4. The molecule has 2 aliphatic rings. The van der Waals surface area contributed by atoms with E-state index in [-0.39, 0.29) is 10.8 Å². The van der Waals surface area contributed by atoms with Crippen molar-refractivity contribution in [2.24, 2.45) is 0 Å². The second-order valence-electron chi connectivity index (χ2n) is 18.4. The van der Waals surface area contributed by atoms with Crippen LogP contribution in [0.5, 0.6) is 0 Å². The van der Waals surface area contributed by atoms with Crippen LogP contribution in [-0.2, 0) is 10.8 Å². The summed E-state index contributed by atoms with van der Waals surface area (Å²) in [5, 5.41) is 10.6. The zero-order valence-electron chi connectivity index (χ0n) is 35.6. The first-order valence-electron chi connectivity index (χ1n) is 21.7. The quantitative estimate of drug-likeness (QED) is 0.123. The van der Waals surface area contributed by atoms with Crippen LogP contribution in [0, 0.1) is 0 Å². The highest BCUT2D eigenvalue weighted by Crippen LogP contribution is 2.55. The Morgan fingerprint density at radius 2 is 1.05 bits per heavy atom. The van der Waals surface area contributed by atoms with Gasteiger partial charge in [-0.05, 0) is 160 Å². The molecule has 0 spiro atoms. The summed E-state index contributed by atoms with van der Waals surface area (Å²) >= 11 is 1.90. The van der Waals surface area contributed by atoms with Crippen LogP contribution in [-0.4, -0.2) is 0 Å². The molecule has 0 fully saturated rings. The van der Waals surface area contributed by atoms with Crippen molar-refractivity contribution in [3.05, 3.63) is 198 Å². The Balaban J connectivity index is 0.963. The lowest BCUT2D eigenvalue weighted by Crippen LogP contribution is -2.15. The molecule has 0 bridgehead atoms. The molecule has 1 heteroatoms. The Labute approximate surface area is 362 Å². The summed E-state index contributed by atoms with van der Waals surface area (Å²) in [7, 11) is 0. The molecule has 0 saturated heterocycles. The fourth-order valence-corrected chi connectivity index (χ4v) is 12.5. The topological polar surface area (TPSA) is 0 Å². The van der Waals surface area contributed by atoms with E-state index in [0.717, 1.165) is 0 Å². The number of thiophene rings is 1. The number of fused-ring (bicyclic) bond motifs is 13. The number of benzene rings is 9. The summed E-state index contributed by atoms with van der Waals surface area (Å²) in [5.41, 5.74) is 18.5. The van der Waals surface area contributed by atoms with Crippen LogP contribution in [0.2, 0.25) is 0 Å². The van der Waals surface area contributed by atoms with E-state index in [1.54, 1.807) is 0 Å². The van der Waals surface area contributed by atoms with Crippen LogP contribution < -0.4 is 0 Å². The molecule has 0 unspecified atom stereocenters. The fraction of sp³-hybridized carbons (Fsp3) is 0.133. The van der Waals surface area contributed by atoms with Gasteiger partial charge >= 0.3 is 0 Å². The van der Waals surface area contributed by atoms with E-state index in [4.69, 9.17) is 0 Å². The Morgan fingerprint density at radius 1 is 0.459 bits per heavy atom. The van der Waals surface area contributed by atoms with Gasteiger partial charge in [-0.1, -0.05) is 161 Å². The maximum Gasteiger partial charge on any atom is 0.0361 e. The lowest BCUT2D eigenvalue weighted by atomic mass is 9.79. The van der Waals surface area contributed by atoms with Gasteiger partial charge in [-0.25, -0.2) is 0 Å². The lowest BCUT2D eigenvalue weighted by Gasteiger charge is -2.24. The first-order valence-corrected chi connectivity index (χ1v) is 22.5. The minimum atomic E-state index is -0.171. The largest absolute Gasteiger partial charge is 0.135 e. The van der Waals surface area contributed by atoms with Gasteiger partial charge in [0.25, 0.3) is 0 Å². The van der Waals surface area contributed by atoms with Gasteiger partial charge in [-0.15, -0.1) is 11.3 Å². The zero-order chi connectivity index (χ0) is 41.4. The van der Waals surface area contributed by atoms with Crippen molar-refractivity contribution in [2.75, 3.05) is 0 Å². The summed E-state index contributed by atoms with van der Waals surface area (Å²) in [6, 6.07) is 58.1. The molecule has 9 aromatic carbocycles. The van der Waals surface area contributed by atoms with Crippen molar-refractivity contribution in [2.45, 2.75) is 52.4 Å². The molecular weight excluding hydrogens is 753 g/mol. The van der Waals surface area contributed by atoms with E-state index in [2.05, 4.69) is 211 Å². The fourth-order valence-electron chi connectivity index (χ4n) is 11.3. The Morgan fingerprint density at radius 3 is 1.75 bits per heavy atom. The van der Waals surface area contributed by atoms with Gasteiger partial charge in [-0.3, -0.25) is 0 Å². The molecule has 2 aliphatic carbocycles. The molecule has 10 aromatic rings. The van der Waals surface area contributed by atoms with E-state index in [9.17, 15) is 0 Å². The van der Waals surface area contributed by atoms with Crippen molar-refractivity contribution < 1.29 is 0 Å². The van der Waals surface area contributed by atoms with E-state index in [0.29, 0.717) is 0 Å². The van der Waals surface area contributed by atoms with Crippen LogP contribution in [0.1, 0.15) is 69.4 Å². The summed E-state index contributed by atoms with van der Waals surface area (Å²) in [6.45, 7) is 14.0. The Hall–Kier alpha value is -6.54. The van der Waals surface area contributed by atoms with Crippen molar-refractivity contribution >= 4 is 69.4 Å². The number of hydrogen-bond donors (Lipinski definition) is 0. The van der Waals surface area contributed by atoms with E-state index in [1.807, 2.05) is 11.3 Å². The van der Waals surface area contributed by atoms with Gasteiger partial charge in [0.1, 0.15) is 0 Å². The van der Waals surface area contributed by atoms with Gasteiger partial charge in [0.05, 0.1) is 0 Å². The van der Waals surface area contributed by atoms with Crippen LogP contribution in [0.3, 0.4) is 0 Å². The molecule has 0 nitrogen and oxygen atoms in total. The van der Waals surface area contributed by atoms with Crippen molar-refractivity contribution in [1.82, 2.24) is 0 Å². The van der Waals surface area contributed by atoms with Gasteiger partial charge in [0.15, 0.2) is 0 Å². The second-order valence-corrected chi connectivity index (χ2v) is 19.5. The highest BCUT2D eigenvalue weighted by Gasteiger charge is 2.39. The predicted molar refractivity (Wildman–Crippen MR) is 266 cm³/mol. The average Bonchev–Trinajstić information content (AvgIpc) is 3.84. The SMILES string of the molecule is C/C=C\C=C(/C)c1c2ccccc2c(-c2ccc3c(c2)C(C)(C)c2cc(-c4ccc5c(c4)-c4ccc6cc7sc8ccccc8c7cc6c4C5(C)C)ccc2-3)c2ccccc12.